The van der Waals surface area contributed by atoms with E-state index in [-0.39, 0.29) is 23.9 Å². The number of hydrogen-bond acceptors (Lipinski definition) is 6. The van der Waals surface area contributed by atoms with Gasteiger partial charge in [-0.25, -0.2) is 0 Å². The van der Waals surface area contributed by atoms with E-state index in [1.165, 1.54) is 16.4 Å². The standard InChI is InChI=1S/C25H19ClF6N4O3S/c26-21-17-7-13(8-20-22(38)33-23(40-20)35-5-6-39-16(11-35)12-37)1-4-19(17)36(34-21)10-14-2-3-15(24(27,28)29)9-18(14)25(30,31)32/h1-4,7-9,16,37H,5-6,10-12H2/t16-/m0/s1. The van der Waals surface area contributed by atoms with Crippen LogP contribution in [0.1, 0.15) is 22.3 Å². The number of aliphatic imine (C=N–C) groups is 1. The van der Waals surface area contributed by atoms with E-state index in [1.54, 1.807) is 24.3 Å². The predicted octanol–water partition coefficient (Wildman–Crippen LogP) is 5.44. The number of ether oxygens (including phenoxy) is 1. The molecule has 2 aliphatic heterocycles. The van der Waals surface area contributed by atoms with Gasteiger partial charge in [0.2, 0.25) is 0 Å². The Morgan fingerprint density at radius 1 is 1.12 bits per heavy atom. The van der Waals surface area contributed by atoms with Gasteiger partial charge in [-0.3, -0.25) is 9.48 Å². The molecule has 3 aromatic rings. The van der Waals surface area contributed by atoms with E-state index in [4.69, 9.17) is 16.3 Å². The molecule has 0 bridgehead atoms. The molecule has 1 amide bonds. The average Bonchev–Trinajstić information content (AvgIpc) is 3.41. The first kappa shape index (κ1) is 28.5. The summed E-state index contributed by atoms with van der Waals surface area (Å²) < 4.78 is 86.5. The van der Waals surface area contributed by atoms with Crippen molar-refractivity contribution in [3.05, 3.63) is 68.7 Å². The number of benzene rings is 2. The van der Waals surface area contributed by atoms with Gasteiger partial charge in [-0.1, -0.05) is 23.7 Å². The topological polar surface area (TPSA) is 80.0 Å². The van der Waals surface area contributed by atoms with Gasteiger partial charge in [0.15, 0.2) is 10.3 Å². The molecule has 5 rings (SSSR count). The molecule has 3 heterocycles. The van der Waals surface area contributed by atoms with Crippen molar-refractivity contribution in [1.29, 1.82) is 0 Å². The highest BCUT2D eigenvalue weighted by molar-refractivity contribution is 8.18. The molecule has 0 radical (unpaired) electrons. The lowest BCUT2D eigenvalue weighted by Gasteiger charge is -2.32. The summed E-state index contributed by atoms with van der Waals surface area (Å²) in [7, 11) is 0. The van der Waals surface area contributed by atoms with Gasteiger partial charge >= 0.3 is 12.4 Å². The maximum Gasteiger partial charge on any atom is 0.416 e. The second-order valence-corrected chi connectivity index (χ2v) is 10.4. The monoisotopic (exact) mass is 604 g/mol. The molecular formula is C25H19ClF6N4O3S. The van der Waals surface area contributed by atoms with E-state index >= 15 is 0 Å². The molecule has 1 N–H and O–H groups in total. The molecule has 0 saturated carbocycles. The van der Waals surface area contributed by atoms with Gasteiger partial charge in [0.25, 0.3) is 5.91 Å². The number of aliphatic hydroxyl groups is 1. The Hall–Kier alpha value is -3.07. The van der Waals surface area contributed by atoms with Gasteiger partial charge in [0.05, 0.1) is 47.4 Å². The second-order valence-electron chi connectivity index (χ2n) is 9.02. The number of fused-ring (bicyclic) bond motifs is 1. The number of halogens is 7. The fourth-order valence-corrected chi connectivity index (χ4v) is 5.56. The lowest BCUT2D eigenvalue weighted by molar-refractivity contribution is -0.143. The van der Waals surface area contributed by atoms with Crippen LogP contribution in [0.5, 0.6) is 0 Å². The van der Waals surface area contributed by atoms with E-state index in [2.05, 4.69) is 10.1 Å². The number of carbonyl (C=O) groups is 1. The van der Waals surface area contributed by atoms with Gasteiger partial charge in [-0.15, -0.1) is 0 Å². The molecule has 40 heavy (non-hydrogen) atoms. The summed E-state index contributed by atoms with van der Waals surface area (Å²) in [6, 6.07) is 6.23. The Kier molecular flexibility index (Phi) is 7.63. The lowest BCUT2D eigenvalue weighted by atomic mass is 10.0. The van der Waals surface area contributed by atoms with Crippen LogP contribution < -0.4 is 0 Å². The summed E-state index contributed by atoms with van der Waals surface area (Å²) in [6.45, 7) is 0.651. The summed E-state index contributed by atoms with van der Waals surface area (Å²) in [4.78, 5) is 18.8. The number of thioether (sulfide) groups is 1. The number of alkyl halides is 6. The number of rotatable bonds is 4. The van der Waals surface area contributed by atoms with Crippen molar-refractivity contribution in [2.75, 3.05) is 26.3 Å². The molecule has 15 heteroatoms. The largest absolute Gasteiger partial charge is 0.416 e. The first-order valence-electron chi connectivity index (χ1n) is 11.8. The molecule has 0 unspecified atom stereocenters. The highest BCUT2D eigenvalue weighted by Crippen LogP contribution is 2.38. The lowest BCUT2D eigenvalue weighted by Crippen LogP contribution is -2.45. The first-order chi connectivity index (χ1) is 18.8. The van der Waals surface area contributed by atoms with Crippen molar-refractivity contribution in [1.82, 2.24) is 14.7 Å². The van der Waals surface area contributed by atoms with Gasteiger partial charge in [0, 0.05) is 18.5 Å². The Morgan fingerprint density at radius 3 is 2.60 bits per heavy atom. The molecule has 1 aromatic heterocycles. The van der Waals surface area contributed by atoms with Crippen LogP contribution in [-0.4, -0.2) is 63.3 Å². The summed E-state index contributed by atoms with van der Waals surface area (Å²) in [5, 5.41) is 14.3. The van der Waals surface area contributed by atoms with Gasteiger partial charge in [-0.05, 0) is 53.2 Å². The predicted molar refractivity (Wildman–Crippen MR) is 137 cm³/mol. The summed E-state index contributed by atoms with van der Waals surface area (Å²) in [5.74, 6) is -0.448. The Bertz CT molecular complexity index is 1540. The van der Waals surface area contributed by atoms with Crippen molar-refractivity contribution in [2.24, 2.45) is 4.99 Å². The van der Waals surface area contributed by atoms with Crippen LogP contribution in [0.25, 0.3) is 17.0 Å². The van der Waals surface area contributed by atoms with Crippen LogP contribution in [0.15, 0.2) is 46.3 Å². The third kappa shape index (κ3) is 5.85. The van der Waals surface area contributed by atoms with E-state index in [0.717, 1.165) is 6.07 Å². The highest BCUT2D eigenvalue weighted by Gasteiger charge is 2.38. The average molecular weight is 605 g/mol. The smallest absolute Gasteiger partial charge is 0.394 e. The number of hydrogen-bond donors (Lipinski definition) is 1. The maximum absolute atomic E-state index is 13.6. The minimum Gasteiger partial charge on any atom is -0.394 e. The zero-order valence-corrected chi connectivity index (χ0v) is 21.8. The van der Waals surface area contributed by atoms with Crippen molar-refractivity contribution in [3.8, 4) is 0 Å². The molecular weight excluding hydrogens is 586 g/mol. The van der Waals surface area contributed by atoms with Crippen molar-refractivity contribution >= 4 is 51.4 Å². The van der Waals surface area contributed by atoms with Crippen molar-refractivity contribution < 1.29 is 41.0 Å². The number of nitrogens with zero attached hydrogens (tertiary/aromatic N) is 4. The van der Waals surface area contributed by atoms with Crippen LogP contribution in [0.4, 0.5) is 26.3 Å². The molecule has 7 nitrogen and oxygen atoms in total. The first-order valence-corrected chi connectivity index (χ1v) is 13.0. The summed E-state index contributed by atoms with van der Waals surface area (Å²) in [6.07, 6.45) is -8.73. The van der Waals surface area contributed by atoms with E-state index in [1.807, 2.05) is 4.90 Å². The molecule has 0 aliphatic carbocycles. The number of carbonyl (C=O) groups excluding carboxylic acids is 1. The Labute approximate surface area is 232 Å². The molecule has 2 aliphatic rings. The van der Waals surface area contributed by atoms with Gasteiger partial charge in [0.1, 0.15) is 0 Å². The molecule has 212 valence electrons. The molecule has 1 saturated heterocycles. The number of aromatic nitrogens is 2. The highest BCUT2D eigenvalue weighted by atomic mass is 35.5. The van der Waals surface area contributed by atoms with E-state index in [9.17, 15) is 36.2 Å². The third-order valence-electron chi connectivity index (χ3n) is 6.31. The normalized spacial score (nSPS) is 19.6. The fourth-order valence-electron chi connectivity index (χ4n) is 4.37. The number of morpholine rings is 1. The quantitative estimate of drug-likeness (QED) is 0.316. The molecule has 1 atom stereocenters. The molecule has 2 aromatic carbocycles. The minimum absolute atomic E-state index is 0.0265. The zero-order valence-electron chi connectivity index (χ0n) is 20.3. The zero-order chi connectivity index (χ0) is 28.8. The fraction of sp³-hybridized carbons (Fsp3) is 0.320. The maximum atomic E-state index is 13.6. The van der Waals surface area contributed by atoms with Gasteiger partial charge < -0.3 is 14.7 Å². The number of amidine groups is 1. The van der Waals surface area contributed by atoms with Crippen LogP contribution in [0, 0.1) is 0 Å². The van der Waals surface area contributed by atoms with E-state index in [0.29, 0.717) is 52.3 Å². The number of amides is 1. The van der Waals surface area contributed by atoms with Crippen LogP contribution in [0.2, 0.25) is 5.15 Å². The molecule has 1 fully saturated rings. The summed E-state index contributed by atoms with van der Waals surface area (Å²) >= 11 is 7.44. The Balaban J connectivity index is 1.40. The third-order valence-corrected chi connectivity index (χ3v) is 7.64. The van der Waals surface area contributed by atoms with Crippen LogP contribution in [-0.2, 0) is 28.4 Å². The summed E-state index contributed by atoms with van der Waals surface area (Å²) in [5.41, 5.74) is -2.32. The minimum atomic E-state index is -5.02. The van der Waals surface area contributed by atoms with Crippen molar-refractivity contribution in [3.63, 3.8) is 0 Å². The van der Waals surface area contributed by atoms with Crippen molar-refractivity contribution in [2.45, 2.75) is 25.0 Å². The van der Waals surface area contributed by atoms with Crippen LogP contribution in [0.3, 0.4) is 0 Å². The van der Waals surface area contributed by atoms with Crippen LogP contribution >= 0.6 is 23.4 Å². The number of aliphatic hydroxyl groups excluding tert-OH is 1. The molecule has 0 spiro atoms. The Morgan fingerprint density at radius 2 is 1.90 bits per heavy atom. The van der Waals surface area contributed by atoms with E-state index < -0.39 is 41.5 Å². The van der Waals surface area contributed by atoms with Gasteiger partial charge in [-0.2, -0.15) is 36.4 Å². The second kappa shape index (κ2) is 10.7. The SMILES string of the molecule is O=C1N=C(N2CCO[C@H](CO)C2)SC1=Cc1ccc2c(c1)c(Cl)nn2Cc1ccc(C(F)(F)F)cc1C(F)(F)F.